The molecule has 1 N–H and O–H groups in total. The number of nitrogens with zero attached hydrogens (tertiary/aromatic N) is 3. The van der Waals surface area contributed by atoms with Gasteiger partial charge in [-0.1, -0.05) is 18.2 Å². The zero-order chi connectivity index (χ0) is 16.2. The van der Waals surface area contributed by atoms with E-state index in [0.29, 0.717) is 18.0 Å². The van der Waals surface area contributed by atoms with Gasteiger partial charge in [0, 0.05) is 18.9 Å². The van der Waals surface area contributed by atoms with E-state index in [9.17, 15) is 4.79 Å². The van der Waals surface area contributed by atoms with Gasteiger partial charge >= 0.3 is 0 Å². The lowest BCUT2D eigenvalue weighted by Gasteiger charge is -2.12. The number of amides is 1. The summed E-state index contributed by atoms with van der Waals surface area (Å²) in [6.45, 7) is 2.42. The summed E-state index contributed by atoms with van der Waals surface area (Å²) in [6, 6.07) is 12.8. The minimum Gasteiger partial charge on any atom is -0.380 e. The average Bonchev–Trinajstić information content (AvgIpc) is 3.00. The van der Waals surface area contributed by atoms with Crippen LogP contribution in [0, 0.1) is 0 Å². The van der Waals surface area contributed by atoms with E-state index in [1.807, 2.05) is 47.9 Å². The number of nitrogens with one attached hydrogen (secondary N) is 1. The second-order valence-corrected chi connectivity index (χ2v) is 5.31. The lowest BCUT2D eigenvalue weighted by molar-refractivity contribution is 0.0938. The molecule has 0 aliphatic carbocycles. The number of ether oxygens (including phenoxy) is 1. The van der Waals surface area contributed by atoms with Crippen molar-refractivity contribution < 1.29 is 9.53 Å². The minimum absolute atomic E-state index is 0.144. The van der Waals surface area contributed by atoms with Crippen LogP contribution in [0.1, 0.15) is 34.7 Å². The van der Waals surface area contributed by atoms with Gasteiger partial charge in [-0.3, -0.25) is 9.20 Å². The van der Waals surface area contributed by atoms with Crippen LogP contribution in [0.5, 0.6) is 0 Å². The molecule has 0 aliphatic rings. The van der Waals surface area contributed by atoms with E-state index >= 15 is 0 Å². The number of methoxy groups -OCH3 is 1. The molecule has 2 aromatic heterocycles. The van der Waals surface area contributed by atoms with E-state index in [-0.39, 0.29) is 11.9 Å². The maximum absolute atomic E-state index is 12.4. The molecule has 1 unspecified atom stereocenters. The summed E-state index contributed by atoms with van der Waals surface area (Å²) < 4.78 is 6.93. The Balaban J connectivity index is 1.74. The number of hydrogen-bond acceptors (Lipinski definition) is 4. The number of rotatable bonds is 5. The van der Waals surface area contributed by atoms with Gasteiger partial charge in [-0.2, -0.15) is 0 Å². The van der Waals surface area contributed by atoms with E-state index in [4.69, 9.17) is 4.74 Å². The fourth-order valence-electron chi connectivity index (χ4n) is 2.42. The molecule has 1 aromatic carbocycles. The summed E-state index contributed by atoms with van der Waals surface area (Å²) >= 11 is 0. The van der Waals surface area contributed by atoms with Gasteiger partial charge < -0.3 is 10.1 Å². The van der Waals surface area contributed by atoms with Crippen molar-refractivity contribution in [2.75, 3.05) is 7.11 Å². The highest BCUT2D eigenvalue weighted by Gasteiger charge is 2.16. The molecule has 23 heavy (non-hydrogen) atoms. The molecular weight excluding hydrogens is 292 g/mol. The first-order valence-electron chi connectivity index (χ1n) is 7.37. The third-order valence-corrected chi connectivity index (χ3v) is 3.60. The van der Waals surface area contributed by atoms with Crippen molar-refractivity contribution in [2.45, 2.75) is 19.6 Å². The van der Waals surface area contributed by atoms with E-state index < -0.39 is 0 Å². The summed E-state index contributed by atoms with van der Waals surface area (Å²) in [5, 5.41) is 11.2. The second-order valence-electron chi connectivity index (χ2n) is 5.31. The van der Waals surface area contributed by atoms with Gasteiger partial charge in [0.15, 0.2) is 11.5 Å². The molecular formula is C17H18N4O2. The lowest BCUT2D eigenvalue weighted by Crippen LogP contribution is -2.28. The summed E-state index contributed by atoms with van der Waals surface area (Å²) in [5.41, 5.74) is 2.39. The predicted octanol–water partition coefficient (Wildman–Crippen LogP) is 2.37. The van der Waals surface area contributed by atoms with Crippen LogP contribution in [-0.2, 0) is 11.3 Å². The van der Waals surface area contributed by atoms with Crippen LogP contribution >= 0.6 is 0 Å². The summed E-state index contributed by atoms with van der Waals surface area (Å²) in [6.07, 6.45) is 1.88. The van der Waals surface area contributed by atoms with Gasteiger partial charge in [0.05, 0.1) is 12.6 Å². The highest BCUT2D eigenvalue weighted by atomic mass is 16.5. The monoisotopic (exact) mass is 310 g/mol. The van der Waals surface area contributed by atoms with Crippen LogP contribution in [0.25, 0.3) is 5.65 Å². The molecule has 6 nitrogen and oxygen atoms in total. The van der Waals surface area contributed by atoms with Crippen molar-refractivity contribution in [3.05, 3.63) is 65.6 Å². The SMILES string of the molecule is COCc1ccc(C(=O)NC(C)c2nnc3ccccn23)cc1. The molecule has 0 fully saturated rings. The van der Waals surface area contributed by atoms with Crippen molar-refractivity contribution in [2.24, 2.45) is 0 Å². The van der Waals surface area contributed by atoms with Crippen molar-refractivity contribution in [1.82, 2.24) is 19.9 Å². The largest absolute Gasteiger partial charge is 0.380 e. The molecule has 2 heterocycles. The van der Waals surface area contributed by atoms with Crippen molar-refractivity contribution in [3.63, 3.8) is 0 Å². The topological polar surface area (TPSA) is 68.5 Å². The van der Waals surface area contributed by atoms with E-state index in [2.05, 4.69) is 15.5 Å². The van der Waals surface area contributed by atoms with Gasteiger partial charge in [-0.15, -0.1) is 10.2 Å². The van der Waals surface area contributed by atoms with Crippen LogP contribution in [0.4, 0.5) is 0 Å². The number of benzene rings is 1. The molecule has 0 saturated heterocycles. The van der Waals surface area contributed by atoms with E-state index in [1.165, 1.54) is 0 Å². The van der Waals surface area contributed by atoms with Crippen LogP contribution in [0.15, 0.2) is 48.7 Å². The Bertz CT molecular complexity index is 811. The van der Waals surface area contributed by atoms with E-state index in [0.717, 1.165) is 11.2 Å². The fraction of sp³-hybridized carbons (Fsp3) is 0.235. The first kappa shape index (κ1) is 15.2. The average molecular weight is 310 g/mol. The Morgan fingerprint density at radius 1 is 1.22 bits per heavy atom. The Kier molecular flexibility index (Phi) is 4.34. The maximum atomic E-state index is 12.4. The highest BCUT2D eigenvalue weighted by molar-refractivity contribution is 5.94. The zero-order valence-corrected chi connectivity index (χ0v) is 13.1. The maximum Gasteiger partial charge on any atom is 0.251 e. The smallest absolute Gasteiger partial charge is 0.251 e. The van der Waals surface area contributed by atoms with Gasteiger partial charge in [0.2, 0.25) is 0 Å². The number of fused-ring (bicyclic) bond motifs is 1. The zero-order valence-electron chi connectivity index (χ0n) is 13.1. The van der Waals surface area contributed by atoms with Crippen LogP contribution in [0.2, 0.25) is 0 Å². The minimum atomic E-state index is -0.251. The Morgan fingerprint density at radius 3 is 2.74 bits per heavy atom. The molecule has 0 spiro atoms. The van der Waals surface area contributed by atoms with Crippen LogP contribution in [-0.4, -0.2) is 27.6 Å². The molecule has 0 bridgehead atoms. The van der Waals surface area contributed by atoms with Gasteiger partial charge in [-0.25, -0.2) is 0 Å². The first-order chi connectivity index (χ1) is 11.2. The van der Waals surface area contributed by atoms with Crippen molar-refractivity contribution >= 4 is 11.6 Å². The number of pyridine rings is 1. The highest BCUT2D eigenvalue weighted by Crippen LogP contribution is 2.13. The van der Waals surface area contributed by atoms with Gasteiger partial charge in [0.1, 0.15) is 0 Å². The van der Waals surface area contributed by atoms with Gasteiger partial charge in [0.25, 0.3) is 5.91 Å². The standard InChI is InChI=1S/C17H18N4O2/c1-12(16-20-19-15-5-3-4-10-21(15)16)18-17(22)14-8-6-13(7-9-14)11-23-2/h3-10,12H,11H2,1-2H3,(H,18,22). The molecule has 1 atom stereocenters. The molecule has 0 radical (unpaired) electrons. The van der Waals surface area contributed by atoms with Crippen LogP contribution in [0.3, 0.4) is 0 Å². The normalized spacial score (nSPS) is 12.3. The summed E-state index contributed by atoms with van der Waals surface area (Å²) in [5.74, 6) is 0.555. The quantitative estimate of drug-likeness (QED) is 0.785. The fourth-order valence-corrected chi connectivity index (χ4v) is 2.42. The third kappa shape index (κ3) is 3.22. The molecule has 3 rings (SSSR count). The van der Waals surface area contributed by atoms with Crippen molar-refractivity contribution in [3.8, 4) is 0 Å². The van der Waals surface area contributed by atoms with E-state index in [1.54, 1.807) is 19.2 Å². The first-order valence-corrected chi connectivity index (χ1v) is 7.37. The predicted molar refractivity (Wildman–Crippen MR) is 86.0 cm³/mol. The number of carbonyl (C=O) groups excluding carboxylic acids is 1. The molecule has 6 heteroatoms. The number of carbonyl (C=O) groups is 1. The second kappa shape index (κ2) is 6.58. The Hall–Kier alpha value is -2.73. The number of hydrogen-bond donors (Lipinski definition) is 1. The summed E-state index contributed by atoms with van der Waals surface area (Å²) in [7, 11) is 1.64. The molecule has 0 aliphatic heterocycles. The molecule has 0 saturated carbocycles. The number of aromatic nitrogens is 3. The van der Waals surface area contributed by atoms with Crippen LogP contribution < -0.4 is 5.32 Å². The lowest BCUT2D eigenvalue weighted by atomic mass is 10.1. The molecule has 118 valence electrons. The Labute approximate surface area is 134 Å². The van der Waals surface area contributed by atoms with Crippen molar-refractivity contribution in [1.29, 1.82) is 0 Å². The third-order valence-electron chi connectivity index (χ3n) is 3.60. The molecule has 3 aromatic rings. The van der Waals surface area contributed by atoms with Gasteiger partial charge in [-0.05, 0) is 36.8 Å². The Morgan fingerprint density at radius 2 is 2.00 bits per heavy atom. The summed E-state index contributed by atoms with van der Waals surface area (Å²) in [4.78, 5) is 12.4. The molecule has 1 amide bonds.